The third kappa shape index (κ3) is 3.95. The SMILES string of the molecule is C[C@H]1CC[C@H](CCCC(O)[Si](C)(C)c2ccccc2)C1. The summed E-state index contributed by atoms with van der Waals surface area (Å²) in [6.45, 7) is 6.97. The molecule has 0 bridgehead atoms. The first kappa shape index (κ1) is 15.8. The third-order valence-corrected chi connectivity index (χ3v) is 9.02. The highest BCUT2D eigenvalue weighted by atomic mass is 28.3. The Morgan fingerprint density at radius 1 is 1.20 bits per heavy atom. The summed E-state index contributed by atoms with van der Waals surface area (Å²) >= 11 is 0. The molecule has 2 heteroatoms. The van der Waals surface area contributed by atoms with Crippen LogP contribution in [0, 0.1) is 11.8 Å². The van der Waals surface area contributed by atoms with Crippen LogP contribution >= 0.6 is 0 Å². The second-order valence-electron chi connectivity index (χ2n) is 7.32. The largest absolute Gasteiger partial charge is 0.396 e. The normalized spacial score (nSPS) is 24.8. The van der Waals surface area contributed by atoms with Gasteiger partial charge in [-0.25, -0.2) is 0 Å². The third-order valence-electron chi connectivity index (χ3n) is 5.24. The van der Waals surface area contributed by atoms with Gasteiger partial charge in [-0.1, -0.05) is 81.2 Å². The van der Waals surface area contributed by atoms with E-state index in [9.17, 15) is 5.11 Å². The molecule has 0 aliphatic heterocycles. The predicted molar refractivity (Wildman–Crippen MR) is 89.9 cm³/mol. The molecule has 0 heterocycles. The van der Waals surface area contributed by atoms with Crippen LogP contribution < -0.4 is 5.19 Å². The van der Waals surface area contributed by atoms with Gasteiger partial charge < -0.3 is 5.11 Å². The lowest BCUT2D eigenvalue weighted by Crippen LogP contribution is -2.52. The van der Waals surface area contributed by atoms with Gasteiger partial charge >= 0.3 is 0 Å². The Morgan fingerprint density at radius 3 is 2.50 bits per heavy atom. The van der Waals surface area contributed by atoms with E-state index in [-0.39, 0.29) is 5.73 Å². The summed E-state index contributed by atoms with van der Waals surface area (Å²) in [5.41, 5.74) is -0.108. The summed E-state index contributed by atoms with van der Waals surface area (Å²) in [6, 6.07) is 10.6. The minimum atomic E-state index is -1.72. The number of aliphatic hydroxyl groups is 1. The molecule has 1 N–H and O–H groups in total. The fourth-order valence-electron chi connectivity index (χ4n) is 3.61. The molecular formula is C18H30OSi. The van der Waals surface area contributed by atoms with Crippen molar-refractivity contribution >= 4 is 13.3 Å². The van der Waals surface area contributed by atoms with E-state index in [1.807, 2.05) is 0 Å². The molecule has 20 heavy (non-hydrogen) atoms. The lowest BCUT2D eigenvalue weighted by molar-refractivity contribution is 0.226. The van der Waals surface area contributed by atoms with Crippen molar-refractivity contribution in [2.75, 3.05) is 0 Å². The van der Waals surface area contributed by atoms with Gasteiger partial charge in [0.25, 0.3) is 0 Å². The molecule has 1 aliphatic carbocycles. The first-order valence-corrected chi connectivity index (χ1v) is 11.3. The predicted octanol–water partition coefficient (Wildman–Crippen LogP) is 4.11. The number of benzene rings is 1. The molecule has 0 aromatic heterocycles. The van der Waals surface area contributed by atoms with Crippen molar-refractivity contribution in [3.8, 4) is 0 Å². The van der Waals surface area contributed by atoms with Crippen LogP contribution in [-0.2, 0) is 0 Å². The minimum Gasteiger partial charge on any atom is -0.396 e. The summed E-state index contributed by atoms with van der Waals surface area (Å²) < 4.78 is 0. The van der Waals surface area contributed by atoms with Crippen LogP contribution in [0.4, 0.5) is 0 Å². The van der Waals surface area contributed by atoms with Crippen LogP contribution in [0.2, 0.25) is 13.1 Å². The first-order valence-electron chi connectivity index (χ1n) is 8.23. The molecule has 1 aromatic rings. The molecule has 1 unspecified atom stereocenters. The Labute approximate surface area is 125 Å². The average molecular weight is 291 g/mol. The lowest BCUT2D eigenvalue weighted by atomic mass is 9.99. The summed E-state index contributed by atoms with van der Waals surface area (Å²) in [5.74, 6) is 1.86. The number of hydrogen-bond donors (Lipinski definition) is 1. The zero-order valence-electron chi connectivity index (χ0n) is 13.3. The maximum absolute atomic E-state index is 10.6. The molecule has 0 amide bonds. The van der Waals surface area contributed by atoms with E-state index < -0.39 is 8.07 Å². The van der Waals surface area contributed by atoms with Gasteiger partial charge in [-0.15, -0.1) is 0 Å². The zero-order chi connectivity index (χ0) is 14.6. The highest BCUT2D eigenvalue weighted by Gasteiger charge is 2.32. The standard InChI is InChI=1S/C18H30OSi/c1-15-12-13-16(14-15)8-7-11-18(19)20(2,3)17-9-5-4-6-10-17/h4-6,9-10,15-16,18-19H,7-8,11-14H2,1-3H3/t15-,16-,18?/m0/s1. The van der Waals surface area contributed by atoms with E-state index in [2.05, 4.69) is 50.3 Å². The molecule has 0 spiro atoms. The van der Waals surface area contributed by atoms with Gasteiger partial charge in [0.1, 0.15) is 8.07 Å². The highest BCUT2D eigenvalue weighted by Crippen LogP contribution is 2.33. The van der Waals surface area contributed by atoms with Crippen LogP contribution in [0.15, 0.2) is 30.3 Å². The van der Waals surface area contributed by atoms with Gasteiger partial charge in [-0.3, -0.25) is 0 Å². The highest BCUT2D eigenvalue weighted by molar-refractivity contribution is 6.90. The maximum atomic E-state index is 10.6. The molecule has 0 saturated heterocycles. The fourth-order valence-corrected chi connectivity index (χ4v) is 5.97. The van der Waals surface area contributed by atoms with Crippen molar-refractivity contribution in [1.82, 2.24) is 0 Å². The average Bonchev–Trinajstić information content (AvgIpc) is 2.85. The van der Waals surface area contributed by atoms with Crippen molar-refractivity contribution < 1.29 is 5.11 Å². The topological polar surface area (TPSA) is 20.2 Å². The Balaban J connectivity index is 1.80. The molecule has 3 atom stereocenters. The van der Waals surface area contributed by atoms with Gasteiger partial charge in [0.15, 0.2) is 0 Å². The van der Waals surface area contributed by atoms with Gasteiger partial charge in [0, 0.05) is 5.73 Å². The van der Waals surface area contributed by atoms with E-state index in [1.165, 1.54) is 37.3 Å². The van der Waals surface area contributed by atoms with Crippen molar-refractivity contribution in [2.24, 2.45) is 11.8 Å². The van der Waals surface area contributed by atoms with Gasteiger partial charge in [0.2, 0.25) is 0 Å². The Kier molecular flexibility index (Phi) is 5.45. The maximum Gasteiger partial charge on any atom is 0.113 e. The summed E-state index contributed by atoms with van der Waals surface area (Å²) in [6.07, 6.45) is 7.74. The molecule has 112 valence electrons. The number of rotatable bonds is 6. The Hall–Kier alpha value is -0.603. The van der Waals surface area contributed by atoms with Gasteiger partial charge in [-0.2, -0.15) is 0 Å². The van der Waals surface area contributed by atoms with Crippen molar-refractivity contribution in [2.45, 2.75) is 64.3 Å². The second-order valence-corrected chi connectivity index (χ2v) is 12.0. The molecule has 0 radical (unpaired) electrons. The molecule has 1 fully saturated rings. The fraction of sp³-hybridized carbons (Fsp3) is 0.667. The van der Waals surface area contributed by atoms with Crippen molar-refractivity contribution in [1.29, 1.82) is 0 Å². The van der Waals surface area contributed by atoms with Crippen LogP contribution in [-0.4, -0.2) is 18.9 Å². The molecule has 2 rings (SSSR count). The summed E-state index contributed by atoms with van der Waals surface area (Å²) in [7, 11) is -1.72. The van der Waals surface area contributed by atoms with Gasteiger partial charge in [-0.05, 0) is 24.7 Å². The van der Waals surface area contributed by atoms with Crippen LogP contribution in [0.5, 0.6) is 0 Å². The first-order chi connectivity index (χ1) is 9.50. The van der Waals surface area contributed by atoms with E-state index >= 15 is 0 Å². The van der Waals surface area contributed by atoms with Gasteiger partial charge in [0.05, 0.1) is 0 Å². The number of aliphatic hydroxyl groups excluding tert-OH is 1. The minimum absolute atomic E-state index is 0.108. The van der Waals surface area contributed by atoms with E-state index in [4.69, 9.17) is 0 Å². The van der Waals surface area contributed by atoms with Crippen LogP contribution in [0.3, 0.4) is 0 Å². The molecule has 1 saturated carbocycles. The summed E-state index contributed by atoms with van der Waals surface area (Å²) in [5, 5.41) is 12.0. The quantitative estimate of drug-likeness (QED) is 0.782. The smallest absolute Gasteiger partial charge is 0.113 e. The van der Waals surface area contributed by atoms with E-state index in [0.717, 1.165) is 18.3 Å². The van der Waals surface area contributed by atoms with Crippen LogP contribution in [0.1, 0.15) is 45.4 Å². The zero-order valence-corrected chi connectivity index (χ0v) is 14.3. The lowest BCUT2D eigenvalue weighted by Gasteiger charge is -2.29. The van der Waals surface area contributed by atoms with E-state index in [0.29, 0.717) is 0 Å². The second kappa shape index (κ2) is 6.90. The monoisotopic (exact) mass is 290 g/mol. The van der Waals surface area contributed by atoms with Crippen LogP contribution in [0.25, 0.3) is 0 Å². The molecular weight excluding hydrogens is 260 g/mol. The number of hydrogen-bond acceptors (Lipinski definition) is 1. The van der Waals surface area contributed by atoms with Crippen molar-refractivity contribution in [3.05, 3.63) is 30.3 Å². The molecule has 1 aliphatic rings. The Morgan fingerprint density at radius 2 is 1.90 bits per heavy atom. The molecule has 1 nitrogen and oxygen atoms in total. The summed E-state index contributed by atoms with van der Waals surface area (Å²) in [4.78, 5) is 0. The molecule has 1 aromatic carbocycles. The Bertz CT molecular complexity index is 401. The van der Waals surface area contributed by atoms with Crippen molar-refractivity contribution in [3.63, 3.8) is 0 Å². The van der Waals surface area contributed by atoms with E-state index in [1.54, 1.807) is 0 Å².